The van der Waals surface area contributed by atoms with Crippen molar-refractivity contribution < 1.29 is 4.79 Å². The fourth-order valence-electron chi connectivity index (χ4n) is 1.69. The summed E-state index contributed by atoms with van der Waals surface area (Å²) >= 11 is 1.30. The number of hydrogen-bond donors (Lipinski definition) is 2. The Balaban J connectivity index is 1.73. The van der Waals surface area contributed by atoms with E-state index in [4.69, 9.17) is 5.73 Å². The van der Waals surface area contributed by atoms with E-state index in [1.54, 1.807) is 0 Å². The monoisotopic (exact) mass is 238 g/mol. The predicted molar refractivity (Wildman–Crippen MR) is 62.6 cm³/mol. The molecule has 6 heteroatoms. The van der Waals surface area contributed by atoms with Gasteiger partial charge in [0.15, 0.2) is 0 Å². The molecule has 0 aromatic carbocycles. The molecule has 0 aliphatic heterocycles. The lowest BCUT2D eigenvalue weighted by Gasteiger charge is -2.06. The van der Waals surface area contributed by atoms with Crippen molar-refractivity contribution in [3.8, 4) is 0 Å². The van der Waals surface area contributed by atoms with Gasteiger partial charge < -0.3 is 11.1 Å². The van der Waals surface area contributed by atoms with E-state index in [-0.39, 0.29) is 5.91 Å². The Morgan fingerprint density at radius 3 is 3.12 bits per heavy atom. The van der Waals surface area contributed by atoms with Gasteiger partial charge in [0, 0.05) is 6.42 Å². The number of nitrogens with one attached hydrogen (secondary N) is 1. The maximum atomic E-state index is 11.6. The molecule has 1 aliphatic carbocycles. The number of anilines is 1. The van der Waals surface area contributed by atoms with Crippen molar-refractivity contribution in [1.82, 2.24) is 15.5 Å². The zero-order chi connectivity index (χ0) is 11.4. The van der Waals surface area contributed by atoms with Gasteiger partial charge in [0.05, 0.1) is 6.54 Å². The normalized spacial score (nSPS) is 18.9. The van der Waals surface area contributed by atoms with Crippen molar-refractivity contribution in [3.05, 3.63) is 17.2 Å². The van der Waals surface area contributed by atoms with E-state index in [2.05, 4.69) is 27.7 Å². The van der Waals surface area contributed by atoms with Crippen LogP contribution in [0.1, 0.15) is 24.3 Å². The second-order valence-electron chi connectivity index (χ2n) is 3.78. The molecule has 2 rings (SSSR count). The van der Waals surface area contributed by atoms with Crippen LogP contribution in [0.4, 0.5) is 5.13 Å². The Hall–Kier alpha value is -1.43. The SMILES string of the molecule is Nc1nnc(CNC(=O)C[C@H]2C=CCC2)s1. The van der Waals surface area contributed by atoms with Gasteiger partial charge in [-0.3, -0.25) is 4.79 Å². The summed E-state index contributed by atoms with van der Waals surface area (Å²) < 4.78 is 0. The largest absolute Gasteiger partial charge is 0.374 e. The molecule has 1 aromatic heterocycles. The molecule has 86 valence electrons. The fraction of sp³-hybridized carbons (Fsp3) is 0.500. The lowest BCUT2D eigenvalue weighted by molar-refractivity contribution is -0.121. The fourth-order valence-corrected chi connectivity index (χ4v) is 2.24. The molecule has 1 aromatic rings. The smallest absolute Gasteiger partial charge is 0.220 e. The van der Waals surface area contributed by atoms with Gasteiger partial charge in [-0.2, -0.15) is 0 Å². The first-order valence-electron chi connectivity index (χ1n) is 5.25. The molecule has 0 fully saturated rings. The number of rotatable bonds is 4. The molecule has 1 atom stereocenters. The third-order valence-electron chi connectivity index (χ3n) is 2.48. The zero-order valence-corrected chi connectivity index (χ0v) is 9.67. The average Bonchev–Trinajstić information content (AvgIpc) is 2.87. The van der Waals surface area contributed by atoms with E-state index in [9.17, 15) is 4.79 Å². The highest BCUT2D eigenvalue weighted by molar-refractivity contribution is 7.15. The highest BCUT2D eigenvalue weighted by Gasteiger charge is 2.14. The van der Waals surface area contributed by atoms with E-state index >= 15 is 0 Å². The van der Waals surface area contributed by atoms with Crippen LogP contribution in [0.3, 0.4) is 0 Å². The van der Waals surface area contributed by atoms with E-state index in [1.165, 1.54) is 11.3 Å². The first-order chi connectivity index (χ1) is 7.74. The van der Waals surface area contributed by atoms with Crippen LogP contribution in [0.2, 0.25) is 0 Å². The minimum atomic E-state index is 0.0605. The minimum Gasteiger partial charge on any atom is -0.374 e. The standard InChI is InChI=1S/C10H14N4OS/c11-10-14-13-9(16-10)6-12-8(15)5-7-3-1-2-4-7/h1,3,7H,2,4-6H2,(H2,11,14)(H,12,15)/t7-/m0/s1. The molecule has 0 saturated carbocycles. The molecular formula is C10H14N4OS. The number of hydrogen-bond acceptors (Lipinski definition) is 5. The van der Waals surface area contributed by atoms with Crippen LogP contribution in [-0.2, 0) is 11.3 Å². The minimum absolute atomic E-state index is 0.0605. The zero-order valence-electron chi connectivity index (χ0n) is 8.85. The van der Waals surface area contributed by atoms with E-state index < -0.39 is 0 Å². The van der Waals surface area contributed by atoms with Crippen LogP contribution in [-0.4, -0.2) is 16.1 Å². The lowest BCUT2D eigenvalue weighted by Crippen LogP contribution is -2.24. The number of allylic oxidation sites excluding steroid dienone is 2. The van der Waals surface area contributed by atoms with E-state index in [1.807, 2.05) is 0 Å². The molecule has 0 bridgehead atoms. The van der Waals surface area contributed by atoms with Crippen molar-refractivity contribution in [3.63, 3.8) is 0 Å². The highest BCUT2D eigenvalue weighted by Crippen LogP contribution is 2.20. The van der Waals surface area contributed by atoms with Crippen LogP contribution in [0, 0.1) is 5.92 Å². The summed E-state index contributed by atoms with van der Waals surface area (Å²) in [6.45, 7) is 0.421. The number of nitrogens with two attached hydrogens (primary N) is 1. The van der Waals surface area contributed by atoms with Gasteiger partial charge in [-0.25, -0.2) is 0 Å². The summed E-state index contributed by atoms with van der Waals surface area (Å²) in [6, 6.07) is 0. The summed E-state index contributed by atoms with van der Waals surface area (Å²) in [6.07, 6.45) is 6.97. The molecule has 1 aliphatic rings. The lowest BCUT2D eigenvalue weighted by atomic mass is 10.1. The number of nitrogen functional groups attached to an aromatic ring is 1. The van der Waals surface area contributed by atoms with Crippen molar-refractivity contribution >= 4 is 22.4 Å². The summed E-state index contributed by atoms with van der Waals surface area (Å²) in [5, 5.41) is 11.5. The van der Waals surface area contributed by atoms with Gasteiger partial charge >= 0.3 is 0 Å². The Morgan fingerprint density at radius 1 is 1.62 bits per heavy atom. The summed E-state index contributed by atoms with van der Waals surface area (Å²) in [4.78, 5) is 11.6. The van der Waals surface area contributed by atoms with Crippen molar-refractivity contribution in [2.24, 2.45) is 5.92 Å². The van der Waals surface area contributed by atoms with Crippen LogP contribution in [0.15, 0.2) is 12.2 Å². The van der Waals surface area contributed by atoms with E-state index in [0.29, 0.717) is 24.0 Å². The van der Waals surface area contributed by atoms with Crippen LogP contribution < -0.4 is 11.1 Å². The highest BCUT2D eigenvalue weighted by atomic mass is 32.1. The number of carbonyl (C=O) groups excluding carboxylic acids is 1. The third-order valence-corrected chi connectivity index (χ3v) is 3.23. The molecule has 0 radical (unpaired) electrons. The van der Waals surface area contributed by atoms with Gasteiger partial charge in [0.1, 0.15) is 5.01 Å². The van der Waals surface area contributed by atoms with Gasteiger partial charge in [-0.05, 0) is 18.8 Å². The number of amides is 1. The predicted octanol–water partition coefficient (Wildman–Crippen LogP) is 1.09. The third kappa shape index (κ3) is 3.03. The maximum Gasteiger partial charge on any atom is 0.220 e. The number of nitrogens with zero attached hydrogens (tertiary/aromatic N) is 2. The topological polar surface area (TPSA) is 80.9 Å². The average molecular weight is 238 g/mol. The quantitative estimate of drug-likeness (QED) is 0.769. The van der Waals surface area contributed by atoms with Crippen LogP contribution in [0.5, 0.6) is 0 Å². The Kier molecular flexibility index (Phi) is 3.51. The Labute approximate surface area is 97.8 Å². The first kappa shape index (κ1) is 11.1. The van der Waals surface area contributed by atoms with Gasteiger partial charge in [-0.15, -0.1) is 10.2 Å². The Morgan fingerprint density at radius 2 is 2.50 bits per heavy atom. The maximum absolute atomic E-state index is 11.6. The molecule has 0 spiro atoms. The molecule has 1 heterocycles. The number of aromatic nitrogens is 2. The van der Waals surface area contributed by atoms with E-state index in [0.717, 1.165) is 17.8 Å². The van der Waals surface area contributed by atoms with Crippen LogP contribution in [0.25, 0.3) is 0 Å². The van der Waals surface area contributed by atoms with Gasteiger partial charge in [-0.1, -0.05) is 23.5 Å². The summed E-state index contributed by atoms with van der Waals surface area (Å²) in [5.74, 6) is 0.463. The first-order valence-corrected chi connectivity index (χ1v) is 6.07. The number of carbonyl (C=O) groups is 1. The van der Waals surface area contributed by atoms with Gasteiger partial charge in [0.2, 0.25) is 11.0 Å². The molecule has 0 saturated heterocycles. The van der Waals surface area contributed by atoms with Gasteiger partial charge in [0.25, 0.3) is 0 Å². The molecule has 0 unspecified atom stereocenters. The van der Waals surface area contributed by atoms with Crippen molar-refractivity contribution in [2.45, 2.75) is 25.8 Å². The molecule has 5 nitrogen and oxygen atoms in total. The Bertz CT molecular complexity index is 401. The van der Waals surface area contributed by atoms with Crippen molar-refractivity contribution in [2.75, 3.05) is 5.73 Å². The van der Waals surface area contributed by atoms with Crippen molar-refractivity contribution in [1.29, 1.82) is 0 Å². The molecule has 3 N–H and O–H groups in total. The second-order valence-corrected chi connectivity index (χ2v) is 4.87. The molecular weight excluding hydrogens is 224 g/mol. The summed E-state index contributed by atoms with van der Waals surface area (Å²) in [5.41, 5.74) is 5.44. The summed E-state index contributed by atoms with van der Waals surface area (Å²) in [7, 11) is 0. The molecule has 16 heavy (non-hydrogen) atoms. The second kappa shape index (κ2) is 5.07. The molecule has 1 amide bonds. The van der Waals surface area contributed by atoms with Crippen LogP contribution >= 0.6 is 11.3 Å².